The quantitative estimate of drug-likeness (QED) is 0.796. The molecule has 1 amide bonds. The Morgan fingerprint density at radius 3 is 2.19 bits per heavy atom. The summed E-state index contributed by atoms with van der Waals surface area (Å²) in [5, 5.41) is 8.89. The second-order valence-electron chi connectivity index (χ2n) is 7.35. The molecule has 4 rings (SSSR count). The maximum absolute atomic E-state index is 12.3. The van der Waals surface area contributed by atoms with Crippen LogP contribution in [-0.4, -0.2) is 23.1 Å². The summed E-state index contributed by atoms with van der Waals surface area (Å²) >= 11 is 0. The van der Waals surface area contributed by atoms with Crippen molar-refractivity contribution in [3.05, 3.63) is 59.7 Å². The van der Waals surface area contributed by atoms with Crippen LogP contribution in [0.25, 0.3) is 11.1 Å². The summed E-state index contributed by atoms with van der Waals surface area (Å²) in [6, 6.07) is 18.0. The Morgan fingerprint density at radius 1 is 0.962 bits per heavy atom. The summed E-state index contributed by atoms with van der Waals surface area (Å²) in [7, 11) is 0. The van der Waals surface area contributed by atoms with Gasteiger partial charge in [0.05, 0.1) is 18.2 Å². The van der Waals surface area contributed by atoms with Gasteiger partial charge in [-0.3, -0.25) is 4.90 Å². The van der Waals surface area contributed by atoms with Crippen LogP contribution in [0.5, 0.6) is 0 Å². The smallest absolute Gasteiger partial charge is 0.410 e. The molecule has 2 aromatic carbocycles. The topological polar surface area (TPSA) is 53.3 Å². The van der Waals surface area contributed by atoms with Gasteiger partial charge in [0, 0.05) is 6.54 Å². The number of hydrogen-bond donors (Lipinski definition) is 0. The Hall–Kier alpha value is -2.80. The normalized spacial score (nSPS) is 18.6. The Kier molecular flexibility index (Phi) is 4.38. The van der Waals surface area contributed by atoms with Gasteiger partial charge in [0.1, 0.15) is 5.60 Å². The zero-order chi connectivity index (χ0) is 18.0. The largest absolute Gasteiger partial charge is 0.441 e. The van der Waals surface area contributed by atoms with Gasteiger partial charge in [0.2, 0.25) is 0 Å². The average Bonchev–Trinajstić information content (AvgIpc) is 2.97. The fourth-order valence-corrected chi connectivity index (χ4v) is 4.03. The number of benzene rings is 2. The molecule has 0 atom stereocenters. The Bertz CT molecular complexity index is 828. The fourth-order valence-electron chi connectivity index (χ4n) is 4.03. The number of rotatable bonds is 3. The predicted molar refractivity (Wildman–Crippen MR) is 99.3 cm³/mol. The van der Waals surface area contributed by atoms with Gasteiger partial charge in [-0.25, -0.2) is 4.79 Å². The van der Waals surface area contributed by atoms with Crippen molar-refractivity contribution in [3.8, 4) is 17.2 Å². The summed E-state index contributed by atoms with van der Waals surface area (Å²) in [5.41, 5.74) is 3.71. The van der Waals surface area contributed by atoms with Crippen LogP contribution in [0.2, 0.25) is 0 Å². The third-order valence-electron chi connectivity index (χ3n) is 5.48. The van der Waals surface area contributed by atoms with Gasteiger partial charge in [0.15, 0.2) is 0 Å². The predicted octanol–water partition coefficient (Wildman–Crippen LogP) is 4.88. The molecule has 1 aliphatic heterocycles. The van der Waals surface area contributed by atoms with E-state index in [9.17, 15) is 4.79 Å². The van der Waals surface area contributed by atoms with E-state index >= 15 is 0 Å². The lowest BCUT2D eigenvalue weighted by molar-refractivity contribution is 0.0260. The van der Waals surface area contributed by atoms with Crippen LogP contribution in [0.1, 0.15) is 43.2 Å². The van der Waals surface area contributed by atoms with E-state index in [1.807, 2.05) is 29.2 Å². The highest BCUT2D eigenvalue weighted by Gasteiger charge is 2.45. The van der Waals surface area contributed by atoms with Crippen LogP contribution >= 0.6 is 0 Å². The lowest BCUT2D eigenvalue weighted by atomic mass is 9.85. The van der Waals surface area contributed by atoms with Gasteiger partial charge in [-0.05, 0) is 54.5 Å². The molecule has 4 heteroatoms. The van der Waals surface area contributed by atoms with E-state index in [1.165, 1.54) is 6.42 Å². The highest BCUT2D eigenvalue weighted by molar-refractivity contribution is 5.71. The minimum absolute atomic E-state index is 0.178. The molecule has 26 heavy (non-hydrogen) atoms. The first kappa shape index (κ1) is 16.7. The van der Waals surface area contributed by atoms with Crippen molar-refractivity contribution in [2.75, 3.05) is 6.54 Å². The van der Waals surface area contributed by atoms with E-state index in [4.69, 9.17) is 10.00 Å². The van der Waals surface area contributed by atoms with Crippen LogP contribution in [0.15, 0.2) is 48.5 Å². The van der Waals surface area contributed by atoms with Crippen molar-refractivity contribution in [2.45, 2.75) is 44.2 Å². The number of carbonyl (C=O) groups excluding carboxylic acids is 1. The molecule has 0 bridgehead atoms. The van der Waals surface area contributed by atoms with Crippen LogP contribution in [0.4, 0.5) is 4.79 Å². The molecule has 4 nitrogen and oxygen atoms in total. The molecule has 1 saturated carbocycles. The van der Waals surface area contributed by atoms with Crippen LogP contribution in [-0.2, 0) is 11.3 Å². The second kappa shape index (κ2) is 6.84. The molecule has 1 aliphatic carbocycles. The molecule has 2 aliphatic rings. The molecule has 1 saturated heterocycles. The maximum Gasteiger partial charge on any atom is 0.410 e. The van der Waals surface area contributed by atoms with E-state index in [2.05, 4.69) is 30.3 Å². The maximum atomic E-state index is 12.3. The number of ether oxygens (including phenoxy) is 1. The molecular weight excluding hydrogens is 324 g/mol. The Morgan fingerprint density at radius 2 is 1.58 bits per heavy atom. The Balaban J connectivity index is 1.44. The number of nitrogens with zero attached hydrogens (tertiary/aromatic N) is 2. The molecule has 1 heterocycles. The zero-order valence-corrected chi connectivity index (χ0v) is 14.8. The van der Waals surface area contributed by atoms with Crippen LogP contribution in [0.3, 0.4) is 0 Å². The zero-order valence-electron chi connectivity index (χ0n) is 14.8. The van der Waals surface area contributed by atoms with E-state index in [-0.39, 0.29) is 11.7 Å². The molecule has 132 valence electrons. The van der Waals surface area contributed by atoms with E-state index in [0.29, 0.717) is 18.7 Å². The summed E-state index contributed by atoms with van der Waals surface area (Å²) < 4.78 is 5.75. The lowest BCUT2D eigenvalue weighted by Crippen LogP contribution is -2.36. The van der Waals surface area contributed by atoms with Crippen molar-refractivity contribution in [2.24, 2.45) is 0 Å². The summed E-state index contributed by atoms with van der Waals surface area (Å²) in [5.74, 6) is 0. The summed E-state index contributed by atoms with van der Waals surface area (Å²) in [6.07, 6.45) is 5.36. The van der Waals surface area contributed by atoms with Gasteiger partial charge < -0.3 is 4.74 Å². The third-order valence-corrected chi connectivity index (χ3v) is 5.48. The highest BCUT2D eigenvalue weighted by atomic mass is 16.6. The van der Waals surface area contributed by atoms with Crippen molar-refractivity contribution in [1.82, 2.24) is 4.90 Å². The molecule has 2 fully saturated rings. The minimum atomic E-state index is -0.238. The highest BCUT2D eigenvalue weighted by Crippen LogP contribution is 2.37. The fraction of sp³-hybridized carbons (Fsp3) is 0.364. The standard InChI is InChI=1S/C22H22N2O2/c23-14-17-4-8-19(9-5-17)20-10-6-18(7-11-20)15-24-16-22(26-21(24)25)12-2-1-3-13-22/h4-11H,1-3,12-13,15-16H2. The molecule has 1 spiro atoms. The molecule has 0 radical (unpaired) electrons. The van der Waals surface area contributed by atoms with Gasteiger partial charge in [0.25, 0.3) is 0 Å². The molecule has 0 unspecified atom stereocenters. The Labute approximate surface area is 154 Å². The van der Waals surface area contributed by atoms with Crippen LogP contribution < -0.4 is 0 Å². The van der Waals surface area contributed by atoms with Gasteiger partial charge in [-0.15, -0.1) is 0 Å². The number of hydrogen-bond acceptors (Lipinski definition) is 3. The van der Waals surface area contributed by atoms with Crippen molar-refractivity contribution < 1.29 is 9.53 Å². The summed E-state index contributed by atoms with van der Waals surface area (Å²) in [4.78, 5) is 14.1. The number of nitriles is 1. The monoisotopic (exact) mass is 346 g/mol. The first-order valence-corrected chi connectivity index (χ1v) is 9.25. The van der Waals surface area contributed by atoms with E-state index in [0.717, 1.165) is 42.4 Å². The molecule has 2 aromatic rings. The lowest BCUT2D eigenvalue weighted by Gasteiger charge is -2.30. The number of carbonyl (C=O) groups is 1. The number of amides is 1. The summed E-state index contributed by atoms with van der Waals surface area (Å²) in [6.45, 7) is 1.30. The second-order valence-corrected chi connectivity index (χ2v) is 7.35. The molecule has 0 aromatic heterocycles. The molecule has 0 N–H and O–H groups in total. The van der Waals surface area contributed by atoms with Crippen molar-refractivity contribution in [1.29, 1.82) is 5.26 Å². The van der Waals surface area contributed by atoms with Crippen molar-refractivity contribution in [3.63, 3.8) is 0 Å². The van der Waals surface area contributed by atoms with Crippen LogP contribution in [0, 0.1) is 11.3 Å². The van der Waals surface area contributed by atoms with E-state index in [1.54, 1.807) is 0 Å². The first-order chi connectivity index (χ1) is 12.7. The van der Waals surface area contributed by atoms with E-state index < -0.39 is 0 Å². The minimum Gasteiger partial charge on any atom is -0.441 e. The first-order valence-electron chi connectivity index (χ1n) is 9.25. The molecular formula is C22H22N2O2. The van der Waals surface area contributed by atoms with Gasteiger partial charge >= 0.3 is 6.09 Å². The SMILES string of the molecule is N#Cc1ccc(-c2ccc(CN3CC4(CCCCC4)OC3=O)cc2)cc1. The van der Waals surface area contributed by atoms with Crippen molar-refractivity contribution >= 4 is 6.09 Å². The average molecular weight is 346 g/mol. The van der Waals surface area contributed by atoms with Gasteiger partial charge in [-0.2, -0.15) is 5.26 Å². The van der Waals surface area contributed by atoms with Gasteiger partial charge in [-0.1, -0.05) is 42.8 Å². The third kappa shape index (κ3) is 3.30.